The van der Waals surface area contributed by atoms with E-state index >= 15 is 0 Å². The molecule has 126 valence electrons. The Bertz CT molecular complexity index is 377. The minimum atomic E-state index is -2.56. The molecule has 2 N–H and O–H groups in total. The second-order valence-electron chi connectivity index (χ2n) is 5.45. The molecule has 0 aromatic heterocycles. The molecule has 0 spiro atoms. The van der Waals surface area contributed by atoms with E-state index in [4.69, 9.17) is 0 Å². The lowest BCUT2D eigenvalue weighted by molar-refractivity contribution is -0.336. The summed E-state index contributed by atoms with van der Waals surface area (Å²) in [6.45, 7) is 9.95. The van der Waals surface area contributed by atoms with Crippen LogP contribution in [-0.2, 0) is 19.1 Å². The largest absolute Gasteiger partial charge is 0.395 e. The number of esters is 2. The highest BCUT2D eigenvalue weighted by atomic mass is 16.8. The highest BCUT2D eigenvalue weighted by Crippen LogP contribution is 2.28. The molecule has 1 atom stereocenters. The Morgan fingerprint density at radius 2 is 1.55 bits per heavy atom. The van der Waals surface area contributed by atoms with Gasteiger partial charge < -0.3 is 19.7 Å². The summed E-state index contributed by atoms with van der Waals surface area (Å²) in [5.41, 5.74) is -1.37. The van der Waals surface area contributed by atoms with Gasteiger partial charge in [0.05, 0.1) is 12.0 Å². The Morgan fingerprint density at radius 3 is 1.95 bits per heavy atom. The number of ether oxygens (including phenoxy) is 2. The average molecular weight is 314 g/mol. The number of carbonyl (C=O) groups excluding carboxylic acids is 2. The minimum absolute atomic E-state index is 0.368. The third-order valence-electron chi connectivity index (χ3n) is 3.03. The molecule has 6 nitrogen and oxygen atoms in total. The second kappa shape index (κ2) is 9.38. The molecule has 6 heteroatoms. The number of unbranched alkanes of at least 4 members (excludes halogenated alkanes) is 3. The van der Waals surface area contributed by atoms with Gasteiger partial charge in [0.2, 0.25) is 0 Å². The van der Waals surface area contributed by atoms with Crippen molar-refractivity contribution in [2.75, 3.05) is 0 Å². The number of aliphatic hydroxyl groups is 2. The van der Waals surface area contributed by atoms with Gasteiger partial charge in [-0.3, -0.25) is 0 Å². The highest BCUT2D eigenvalue weighted by molar-refractivity contribution is 5.83. The van der Waals surface area contributed by atoms with Crippen molar-refractivity contribution in [3.8, 4) is 0 Å². The first-order chi connectivity index (χ1) is 10.2. The van der Waals surface area contributed by atoms with Crippen molar-refractivity contribution in [2.24, 2.45) is 0 Å². The van der Waals surface area contributed by atoms with E-state index in [-0.39, 0.29) is 0 Å². The predicted molar refractivity (Wildman–Crippen MR) is 81.5 cm³/mol. The number of hydrogen-bond acceptors (Lipinski definition) is 6. The fourth-order valence-corrected chi connectivity index (χ4v) is 1.99. The van der Waals surface area contributed by atoms with Gasteiger partial charge in [0.1, 0.15) is 0 Å². The van der Waals surface area contributed by atoms with Crippen LogP contribution in [0.3, 0.4) is 0 Å². The maximum atomic E-state index is 11.3. The van der Waals surface area contributed by atoms with E-state index in [0.717, 1.165) is 37.8 Å². The van der Waals surface area contributed by atoms with Crippen LogP contribution in [0.4, 0.5) is 0 Å². The molecule has 0 aromatic carbocycles. The zero-order chi connectivity index (χ0) is 17.2. The van der Waals surface area contributed by atoms with Crippen LogP contribution in [0.25, 0.3) is 0 Å². The smallest absolute Gasteiger partial charge is 0.376 e. The van der Waals surface area contributed by atoms with E-state index in [1.54, 1.807) is 0 Å². The second-order valence-corrected chi connectivity index (χ2v) is 5.45. The molecule has 0 fully saturated rings. The molecule has 0 aromatic rings. The van der Waals surface area contributed by atoms with Crippen molar-refractivity contribution >= 4 is 11.9 Å². The predicted octanol–water partition coefficient (Wildman–Crippen LogP) is 2.20. The van der Waals surface area contributed by atoms with E-state index in [9.17, 15) is 19.8 Å². The standard InChI is InChI=1S/C16H26O6/c1-5-8-9-10-11-15(4,19)12-16(20,21-13(17)6-2)22-14(18)7-3/h6-7,19-20H,2-3,5,8-12H2,1,4H3. The van der Waals surface area contributed by atoms with Crippen LogP contribution in [0.1, 0.15) is 52.4 Å². The van der Waals surface area contributed by atoms with Crippen molar-refractivity contribution in [3.63, 3.8) is 0 Å². The van der Waals surface area contributed by atoms with Gasteiger partial charge in [0.15, 0.2) is 0 Å². The highest BCUT2D eigenvalue weighted by Gasteiger charge is 2.42. The molecule has 0 aliphatic carbocycles. The van der Waals surface area contributed by atoms with Crippen LogP contribution in [-0.4, -0.2) is 33.7 Å². The quantitative estimate of drug-likeness (QED) is 0.263. The molecule has 0 saturated heterocycles. The van der Waals surface area contributed by atoms with Crippen LogP contribution in [0, 0.1) is 0 Å². The van der Waals surface area contributed by atoms with E-state index in [1.807, 2.05) is 0 Å². The molecule has 0 heterocycles. The van der Waals surface area contributed by atoms with Crippen LogP contribution in [0.5, 0.6) is 0 Å². The van der Waals surface area contributed by atoms with E-state index < -0.39 is 29.9 Å². The monoisotopic (exact) mass is 314 g/mol. The first-order valence-electron chi connectivity index (χ1n) is 7.33. The van der Waals surface area contributed by atoms with Crippen molar-refractivity contribution < 1.29 is 29.3 Å². The van der Waals surface area contributed by atoms with E-state index in [2.05, 4.69) is 29.6 Å². The van der Waals surface area contributed by atoms with E-state index in [1.165, 1.54) is 6.92 Å². The van der Waals surface area contributed by atoms with Gasteiger partial charge in [-0.05, 0) is 13.3 Å². The Morgan fingerprint density at radius 1 is 1.05 bits per heavy atom. The van der Waals surface area contributed by atoms with Gasteiger partial charge in [-0.2, -0.15) is 0 Å². The molecule has 0 aliphatic rings. The summed E-state index contributed by atoms with van der Waals surface area (Å²) in [5.74, 6) is -4.51. The molecule has 0 saturated carbocycles. The third-order valence-corrected chi connectivity index (χ3v) is 3.03. The lowest BCUT2D eigenvalue weighted by atomic mass is 9.93. The Labute approximate surface area is 131 Å². The van der Waals surface area contributed by atoms with Gasteiger partial charge in [-0.1, -0.05) is 45.8 Å². The Kier molecular flexibility index (Phi) is 8.67. The Balaban J connectivity index is 4.85. The molecule has 0 radical (unpaired) electrons. The van der Waals surface area contributed by atoms with Crippen molar-refractivity contribution in [2.45, 2.75) is 63.9 Å². The molecule has 0 amide bonds. The summed E-state index contributed by atoms with van der Waals surface area (Å²) in [4.78, 5) is 22.6. The van der Waals surface area contributed by atoms with Crippen LogP contribution < -0.4 is 0 Å². The molecular formula is C16H26O6. The summed E-state index contributed by atoms with van der Waals surface area (Å²) >= 11 is 0. The third kappa shape index (κ3) is 8.59. The molecular weight excluding hydrogens is 288 g/mol. The maximum absolute atomic E-state index is 11.3. The molecule has 0 aliphatic heterocycles. The fourth-order valence-electron chi connectivity index (χ4n) is 1.99. The average Bonchev–Trinajstić information content (AvgIpc) is 2.42. The molecule has 1 unspecified atom stereocenters. The normalized spacial score (nSPS) is 13.8. The Hall–Kier alpha value is -1.66. The molecule has 0 rings (SSSR count). The van der Waals surface area contributed by atoms with Crippen molar-refractivity contribution in [1.29, 1.82) is 0 Å². The molecule has 22 heavy (non-hydrogen) atoms. The van der Waals surface area contributed by atoms with Crippen molar-refractivity contribution in [3.05, 3.63) is 25.3 Å². The van der Waals surface area contributed by atoms with Gasteiger partial charge in [-0.25, -0.2) is 9.59 Å². The summed E-state index contributed by atoms with van der Waals surface area (Å²) in [5, 5.41) is 20.5. The first kappa shape index (κ1) is 20.3. The van der Waals surface area contributed by atoms with Gasteiger partial charge in [-0.15, -0.1) is 0 Å². The lowest BCUT2D eigenvalue weighted by Crippen LogP contribution is -2.46. The summed E-state index contributed by atoms with van der Waals surface area (Å²) in [6.07, 6.45) is 5.31. The number of carbonyl (C=O) groups is 2. The van der Waals surface area contributed by atoms with Gasteiger partial charge in [0, 0.05) is 12.2 Å². The van der Waals surface area contributed by atoms with Crippen LogP contribution in [0.15, 0.2) is 25.3 Å². The van der Waals surface area contributed by atoms with E-state index in [0.29, 0.717) is 6.42 Å². The fraction of sp³-hybridized carbons (Fsp3) is 0.625. The SMILES string of the molecule is C=CC(=O)OC(O)(CC(C)(O)CCCCCC)OC(=O)C=C. The van der Waals surface area contributed by atoms with Crippen LogP contribution >= 0.6 is 0 Å². The minimum Gasteiger partial charge on any atom is -0.395 e. The zero-order valence-corrected chi connectivity index (χ0v) is 13.3. The summed E-state index contributed by atoms with van der Waals surface area (Å²) < 4.78 is 9.34. The number of rotatable bonds is 11. The zero-order valence-electron chi connectivity index (χ0n) is 13.3. The topological polar surface area (TPSA) is 93.1 Å². The molecule has 0 bridgehead atoms. The van der Waals surface area contributed by atoms with Gasteiger partial charge in [0.25, 0.3) is 0 Å². The number of hydrogen-bond donors (Lipinski definition) is 2. The summed E-state index contributed by atoms with van der Waals surface area (Å²) in [6, 6.07) is 0. The van der Waals surface area contributed by atoms with Crippen LogP contribution in [0.2, 0.25) is 0 Å². The van der Waals surface area contributed by atoms with Crippen molar-refractivity contribution in [1.82, 2.24) is 0 Å². The summed E-state index contributed by atoms with van der Waals surface area (Å²) in [7, 11) is 0. The maximum Gasteiger partial charge on any atom is 0.376 e. The van der Waals surface area contributed by atoms with Gasteiger partial charge >= 0.3 is 17.9 Å². The lowest BCUT2D eigenvalue weighted by Gasteiger charge is -2.33. The first-order valence-corrected chi connectivity index (χ1v) is 7.33.